The molecule has 0 saturated carbocycles. The molecule has 1 rings (SSSR count). The van der Waals surface area contributed by atoms with E-state index >= 15 is 0 Å². The predicted molar refractivity (Wildman–Crippen MR) is 59.1 cm³/mol. The van der Waals surface area contributed by atoms with Crippen molar-refractivity contribution >= 4 is 0 Å². The van der Waals surface area contributed by atoms with Gasteiger partial charge in [0, 0.05) is 13.5 Å². The molecule has 1 N–H and O–H groups in total. The van der Waals surface area contributed by atoms with E-state index in [-0.39, 0.29) is 11.8 Å². The van der Waals surface area contributed by atoms with Crippen molar-refractivity contribution in [2.75, 3.05) is 13.7 Å². The van der Waals surface area contributed by atoms with Crippen LogP contribution in [0.3, 0.4) is 0 Å². The van der Waals surface area contributed by atoms with Crippen molar-refractivity contribution in [3.63, 3.8) is 0 Å². The van der Waals surface area contributed by atoms with Gasteiger partial charge < -0.3 is 14.4 Å². The summed E-state index contributed by atoms with van der Waals surface area (Å²) in [4.78, 5) is 4.27. The van der Waals surface area contributed by atoms with E-state index in [0.717, 1.165) is 0 Å². The number of rotatable bonds is 6. The van der Waals surface area contributed by atoms with Crippen molar-refractivity contribution in [1.29, 1.82) is 0 Å². The first kappa shape index (κ1) is 13.1. The Balaban J connectivity index is 2.74. The summed E-state index contributed by atoms with van der Waals surface area (Å²) < 4.78 is 10.1. The number of hydrogen-bond donors (Lipinski definition) is 1. The Labute approximate surface area is 95.8 Å². The van der Waals surface area contributed by atoms with Crippen molar-refractivity contribution in [2.45, 2.75) is 39.2 Å². The zero-order chi connectivity index (χ0) is 12.1. The molecule has 1 aromatic heterocycles. The van der Waals surface area contributed by atoms with Crippen LogP contribution >= 0.6 is 0 Å². The Bertz CT molecular complexity index is 302. The Morgan fingerprint density at radius 3 is 2.56 bits per heavy atom. The van der Waals surface area contributed by atoms with Crippen LogP contribution < -0.4 is 0 Å². The van der Waals surface area contributed by atoms with Gasteiger partial charge in [0.15, 0.2) is 5.82 Å². The molecule has 0 aromatic carbocycles. The van der Waals surface area contributed by atoms with Crippen molar-refractivity contribution in [1.82, 2.24) is 10.1 Å². The van der Waals surface area contributed by atoms with Crippen molar-refractivity contribution in [3.05, 3.63) is 11.7 Å². The van der Waals surface area contributed by atoms with Crippen LogP contribution in [-0.2, 0) is 11.2 Å². The summed E-state index contributed by atoms with van der Waals surface area (Å²) in [5.74, 6) is 1.29. The van der Waals surface area contributed by atoms with E-state index in [1.165, 1.54) is 0 Å². The normalized spacial score (nSPS) is 15.4. The highest BCUT2D eigenvalue weighted by Crippen LogP contribution is 2.26. The van der Waals surface area contributed by atoms with E-state index < -0.39 is 6.10 Å². The quantitative estimate of drug-likeness (QED) is 0.796. The second-order valence-corrected chi connectivity index (χ2v) is 4.30. The molecule has 0 saturated heterocycles. The van der Waals surface area contributed by atoms with Crippen LogP contribution in [0.25, 0.3) is 0 Å². The lowest BCUT2D eigenvalue weighted by atomic mass is 9.91. The zero-order valence-corrected chi connectivity index (χ0v) is 10.3. The first-order valence-corrected chi connectivity index (χ1v) is 5.55. The number of aromatic nitrogens is 2. The fourth-order valence-corrected chi connectivity index (χ4v) is 1.75. The highest BCUT2D eigenvalue weighted by atomic mass is 16.5. The summed E-state index contributed by atoms with van der Waals surface area (Å²) in [5.41, 5.74) is 0. The topological polar surface area (TPSA) is 68.4 Å². The molecule has 0 fully saturated rings. The number of nitrogens with zero attached hydrogens (tertiary/aromatic N) is 2. The smallest absolute Gasteiger partial charge is 0.232 e. The predicted octanol–water partition coefficient (Wildman–Crippen LogP) is 1.38. The monoisotopic (exact) mass is 228 g/mol. The van der Waals surface area contributed by atoms with Crippen molar-refractivity contribution in [2.24, 2.45) is 5.92 Å². The van der Waals surface area contributed by atoms with Crippen molar-refractivity contribution < 1.29 is 14.4 Å². The Morgan fingerprint density at radius 1 is 1.38 bits per heavy atom. The Kier molecular flexibility index (Phi) is 4.89. The second kappa shape index (κ2) is 5.96. The molecule has 2 atom stereocenters. The third-order valence-electron chi connectivity index (χ3n) is 2.54. The fourth-order valence-electron chi connectivity index (χ4n) is 1.75. The van der Waals surface area contributed by atoms with E-state index in [1.807, 2.05) is 13.8 Å². The molecule has 0 bridgehead atoms. The summed E-state index contributed by atoms with van der Waals surface area (Å²) in [6.07, 6.45) is 0.140. The number of hydrogen-bond acceptors (Lipinski definition) is 5. The molecule has 5 heteroatoms. The molecule has 5 nitrogen and oxygen atoms in total. The lowest BCUT2D eigenvalue weighted by Gasteiger charge is -2.19. The summed E-state index contributed by atoms with van der Waals surface area (Å²) in [6.45, 7) is 6.36. The Hall–Kier alpha value is -0.940. The van der Waals surface area contributed by atoms with Crippen LogP contribution in [-0.4, -0.2) is 35.1 Å². The van der Waals surface area contributed by atoms with Crippen LogP contribution in [0.5, 0.6) is 0 Å². The number of methoxy groups -OCH3 is 1. The molecule has 0 amide bonds. The minimum atomic E-state index is -0.490. The van der Waals surface area contributed by atoms with Crippen LogP contribution in [0.15, 0.2) is 4.52 Å². The van der Waals surface area contributed by atoms with Gasteiger partial charge in [-0.05, 0) is 12.8 Å². The molecule has 2 unspecified atom stereocenters. The molecule has 16 heavy (non-hydrogen) atoms. The maximum absolute atomic E-state index is 9.67. The fraction of sp³-hybridized carbons (Fsp3) is 0.818. The summed E-state index contributed by atoms with van der Waals surface area (Å²) in [6, 6.07) is 0. The van der Waals surface area contributed by atoms with Crippen LogP contribution in [0.2, 0.25) is 0 Å². The molecule has 92 valence electrons. The minimum Gasteiger partial charge on any atom is -0.393 e. The highest BCUT2D eigenvalue weighted by Gasteiger charge is 2.26. The Morgan fingerprint density at radius 2 is 2.06 bits per heavy atom. The average Bonchev–Trinajstić information content (AvgIpc) is 2.62. The summed E-state index contributed by atoms with van der Waals surface area (Å²) >= 11 is 0. The van der Waals surface area contributed by atoms with Gasteiger partial charge in [-0.2, -0.15) is 4.98 Å². The number of aliphatic hydroxyl groups excluding tert-OH is 1. The van der Waals surface area contributed by atoms with Gasteiger partial charge in [-0.15, -0.1) is 0 Å². The highest BCUT2D eigenvalue weighted by molar-refractivity contribution is 4.98. The molecular formula is C11H20N2O3. The standard InChI is InChI=1S/C11H20N2O3/c1-7(2)10(8(3)14)11-12-9(13-16-11)5-6-15-4/h7-8,10,14H,5-6H2,1-4H3. The zero-order valence-electron chi connectivity index (χ0n) is 10.3. The van der Waals surface area contributed by atoms with Gasteiger partial charge in [0.25, 0.3) is 0 Å². The van der Waals surface area contributed by atoms with Gasteiger partial charge in [0.2, 0.25) is 5.89 Å². The average molecular weight is 228 g/mol. The summed E-state index contributed by atoms with van der Waals surface area (Å²) in [7, 11) is 1.63. The van der Waals surface area contributed by atoms with E-state index in [1.54, 1.807) is 14.0 Å². The minimum absolute atomic E-state index is 0.108. The van der Waals surface area contributed by atoms with Gasteiger partial charge >= 0.3 is 0 Å². The van der Waals surface area contributed by atoms with Crippen LogP contribution in [0.4, 0.5) is 0 Å². The lowest BCUT2D eigenvalue weighted by molar-refractivity contribution is 0.120. The van der Waals surface area contributed by atoms with Crippen LogP contribution in [0, 0.1) is 5.92 Å². The molecule has 1 heterocycles. The first-order valence-electron chi connectivity index (χ1n) is 5.55. The van der Waals surface area contributed by atoms with E-state index in [4.69, 9.17) is 9.26 Å². The second-order valence-electron chi connectivity index (χ2n) is 4.30. The molecule has 0 aliphatic carbocycles. The maximum Gasteiger partial charge on any atom is 0.232 e. The first-order chi connectivity index (χ1) is 7.56. The number of ether oxygens (including phenoxy) is 1. The molecular weight excluding hydrogens is 208 g/mol. The summed E-state index contributed by atoms with van der Waals surface area (Å²) in [5, 5.41) is 13.5. The van der Waals surface area contributed by atoms with Gasteiger partial charge in [-0.25, -0.2) is 0 Å². The lowest BCUT2D eigenvalue weighted by Crippen LogP contribution is -2.20. The van der Waals surface area contributed by atoms with Gasteiger partial charge in [-0.3, -0.25) is 0 Å². The van der Waals surface area contributed by atoms with E-state index in [9.17, 15) is 5.11 Å². The SMILES string of the molecule is COCCc1noc(C(C(C)C)C(C)O)n1. The number of aliphatic hydroxyl groups is 1. The molecule has 0 aliphatic heterocycles. The third-order valence-corrected chi connectivity index (χ3v) is 2.54. The molecule has 0 aliphatic rings. The van der Waals surface area contributed by atoms with Gasteiger partial charge in [0.05, 0.1) is 18.6 Å². The maximum atomic E-state index is 9.67. The van der Waals surface area contributed by atoms with E-state index in [2.05, 4.69) is 10.1 Å². The third kappa shape index (κ3) is 3.28. The molecule has 1 aromatic rings. The van der Waals surface area contributed by atoms with Crippen LogP contribution in [0.1, 0.15) is 38.4 Å². The molecule has 0 spiro atoms. The molecule has 0 radical (unpaired) electrons. The largest absolute Gasteiger partial charge is 0.393 e. The van der Waals surface area contributed by atoms with E-state index in [0.29, 0.717) is 24.7 Å². The van der Waals surface area contributed by atoms with Crippen molar-refractivity contribution in [3.8, 4) is 0 Å². The van der Waals surface area contributed by atoms with Gasteiger partial charge in [-0.1, -0.05) is 19.0 Å². The van der Waals surface area contributed by atoms with Gasteiger partial charge in [0.1, 0.15) is 0 Å².